The molecule has 6 nitrogen and oxygen atoms in total. The standard InChI is InChI=1S/C10H11N3O3/c1-3-16-10(14)7(6-11)8-4-5-9(15-2)13-12-8/h4-5,7H,3H2,1-2H3. The van der Waals surface area contributed by atoms with E-state index in [4.69, 9.17) is 14.7 Å². The SMILES string of the molecule is CCOC(=O)C(C#N)c1ccc(OC)nn1. The Bertz CT molecular complexity index is 397. The largest absolute Gasteiger partial charge is 0.480 e. The van der Waals surface area contributed by atoms with Crippen LogP contribution in [0.4, 0.5) is 0 Å². The van der Waals surface area contributed by atoms with E-state index in [1.54, 1.807) is 6.92 Å². The fourth-order valence-corrected chi connectivity index (χ4v) is 1.06. The van der Waals surface area contributed by atoms with Crippen molar-refractivity contribution >= 4 is 5.97 Å². The van der Waals surface area contributed by atoms with E-state index in [2.05, 4.69) is 10.2 Å². The molecule has 0 bridgehead atoms. The van der Waals surface area contributed by atoms with Gasteiger partial charge in [-0.05, 0) is 13.0 Å². The van der Waals surface area contributed by atoms with Gasteiger partial charge < -0.3 is 9.47 Å². The van der Waals surface area contributed by atoms with Crippen molar-refractivity contribution in [2.45, 2.75) is 12.8 Å². The second-order valence-electron chi connectivity index (χ2n) is 2.81. The molecule has 0 radical (unpaired) electrons. The maximum atomic E-state index is 11.4. The number of carbonyl (C=O) groups excluding carboxylic acids is 1. The molecule has 0 saturated heterocycles. The maximum Gasteiger partial charge on any atom is 0.329 e. The minimum Gasteiger partial charge on any atom is -0.480 e. The molecule has 1 rings (SSSR count). The Morgan fingerprint density at radius 3 is 2.75 bits per heavy atom. The summed E-state index contributed by atoms with van der Waals surface area (Å²) < 4.78 is 9.56. The van der Waals surface area contributed by atoms with Crippen LogP contribution in [0.25, 0.3) is 0 Å². The van der Waals surface area contributed by atoms with Gasteiger partial charge in [0.05, 0.1) is 25.5 Å². The van der Waals surface area contributed by atoms with Crippen molar-refractivity contribution in [2.24, 2.45) is 0 Å². The minimum absolute atomic E-state index is 0.223. The van der Waals surface area contributed by atoms with Crippen molar-refractivity contribution in [2.75, 3.05) is 13.7 Å². The lowest BCUT2D eigenvalue weighted by molar-refractivity contribution is -0.143. The fraction of sp³-hybridized carbons (Fsp3) is 0.400. The number of hydrogen-bond donors (Lipinski definition) is 0. The van der Waals surface area contributed by atoms with Crippen LogP contribution in [-0.4, -0.2) is 29.9 Å². The van der Waals surface area contributed by atoms with Gasteiger partial charge in [0.15, 0.2) is 5.92 Å². The van der Waals surface area contributed by atoms with Crippen LogP contribution in [0.5, 0.6) is 5.88 Å². The van der Waals surface area contributed by atoms with Crippen molar-refractivity contribution in [1.29, 1.82) is 5.26 Å². The fourth-order valence-electron chi connectivity index (χ4n) is 1.06. The van der Waals surface area contributed by atoms with Crippen LogP contribution >= 0.6 is 0 Å². The van der Waals surface area contributed by atoms with Gasteiger partial charge in [0.2, 0.25) is 5.88 Å². The predicted molar refractivity (Wildman–Crippen MR) is 53.6 cm³/mol. The average Bonchev–Trinajstić information content (AvgIpc) is 2.31. The molecule has 0 amide bonds. The molecule has 0 aromatic carbocycles. The molecule has 16 heavy (non-hydrogen) atoms. The molecular weight excluding hydrogens is 210 g/mol. The Balaban J connectivity index is 2.88. The summed E-state index contributed by atoms with van der Waals surface area (Å²) in [5.41, 5.74) is 0.252. The molecule has 0 aliphatic rings. The van der Waals surface area contributed by atoms with Crippen LogP contribution in [0.3, 0.4) is 0 Å². The summed E-state index contributed by atoms with van der Waals surface area (Å²) in [6.07, 6.45) is 0. The zero-order chi connectivity index (χ0) is 12.0. The molecule has 0 aliphatic carbocycles. The number of aromatic nitrogens is 2. The number of ether oxygens (including phenoxy) is 2. The molecule has 0 spiro atoms. The summed E-state index contributed by atoms with van der Waals surface area (Å²) in [6.45, 7) is 1.90. The van der Waals surface area contributed by atoms with Crippen LogP contribution in [0.2, 0.25) is 0 Å². The summed E-state index contributed by atoms with van der Waals surface area (Å²) >= 11 is 0. The van der Waals surface area contributed by atoms with E-state index in [-0.39, 0.29) is 12.3 Å². The molecule has 1 heterocycles. The third-order valence-electron chi connectivity index (χ3n) is 1.82. The molecule has 1 aromatic rings. The molecule has 84 valence electrons. The van der Waals surface area contributed by atoms with Crippen LogP contribution in [-0.2, 0) is 9.53 Å². The highest BCUT2D eigenvalue weighted by atomic mass is 16.5. The number of nitriles is 1. The van der Waals surface area contributed by atoms with E-state index in [1.165, 1.54) is 19.2 Å². The predicted octanol–water partition coefficient (Wildman–Crippen LogP) is 0.655. The number of nitrogens with zero attached hydrogens (tertiary/aromatic N) is 3. The number of esters is 1. The second-order valence-corrected chi connectivity index (χ2v) is 2.81. The van der Waals surface area contributed by atoms with Gasteiger partial charge in [0.25, 0.3) is 0 Å². The van der Waals surface area contributed by atoms with Gasteiger partial charge >= 0.3 is 5.97 Å². The highest BCUT2D eigenvalue weighted by molar-refractivity contribution is 5.80. The van der Waals surface area contributed by atoms with Crippen molar-refractivity contribution in [3.05, 3.63) is 17.8 Å². The van der Waals surface area contributed by atoms with Crippen LogP contribution in [0, 0.1) is 11.3 Å². The Hall–Kier alpha value is -2.16. The van der Waals surface area contributed by atoms with Crippen molar-refractivity contribution in [3.63, 3.8) is 0 Å². The number of methoxy groups -OCH3 is 1. The average molecular weight is 221 g/mol. The highest BCUT2D eigenvalue weighted by Crippen LogP contribution is 2.15. The Labute approximate surface area is 92.8 Å². The van der Waals surface area contributed by atoms with E-state index in [0.29, 0.717) is 5.88 Å². The molecule has 0 N–H and O–H groups in total. The molecule has 0 aliphatic heterocycles. The molecule has 1 unspecified atom stereocenters. The topological polar surface area (TPSA) is 85.1 Å². The molecular formula is C10H11N3O3. The lowest BCUT2D eigenvalue weighted by atomic mass is 10.1. The Kier molecular flexibility index (Phi) is 4.21. The summed E-state index contributed by atoms with van der Waals surface area (Å²) in [6, 6.07) is 4.87. The van der Waals surface area contributed by atoms with Crippen LogP contribution in [0.1, 0.15) is 18.5 Å². The van der Waals surface area contributed by atoms with Gasteiger partial charge in [-0.2, -0.15) is 5.26 Å². The van der Waals surface area contributed by atoms with Crippen LogP contribution in [0.15, 0.2) is 12.1 Å². The number of hydrogen-bond acceptors (Lipinski definition) is 6. The first kappa shape index (κ1) is 11.9. The molecule has 6 heteroatoms. The maximum absolute atomic E-state index is 11.4. The lowest BCUT2D eigenvalue weighted by Crippen LogP contribution is -2.16. The quantitative estimate of drug-likeness (QED) is 0.694. The normalized spacial score (nSPS) is 11.3. The Morgan fingerprint density at radius 2 is 2.31 bits per heavy atom. The summed E-state index contributed by atoms with van der Waals surface area (Å²) in [7, 11) is 1.46. The molecule has 0 fully saturated rings. The van der Waals surface area contributed by atoms with E-state index in [0.717, 1.165) is 0 Å². The van der Waals surface area contributed by atoms with Crippen LogP contribution < -0.4 is 4.74 Å². The van der Waals surface area contributed by atoms with Crippen molar-refractivity contribution in [1.82, 2.24) is 10.2 Å². The first-order valence-corrected chi connectivity index (χ1v) is 4.66. The minimum atomic E-state index is -1.04. The van der Waals surface area contributed by atoms with Gasteiger partial charge in [-0.15, -0.1) is 10.2 Å². The zero-order valence-corrected chi connectivity index (χ0v) is 9.01. The molecule has 0 saturated carbocycles. The summed E-state index contributed by atoms with van der Waals surface area (Å²) in [4.78, 5) is 11.4. The third-order valence-corrected chi connectivity index (χ3v) is 1.82. The monoisotopic (exact) mass is 221 g/mol. The molecule has 1 aromatic heterocycles. The summed E-state index contributed by atoms with van der Waals surface area (Å²) in [5.74, 6) is -1.34. The second kappa shape index (κ2) is 5.66. The van der Waals surface area contributed by atoms with Gasteiger partial charge in [-0.1, -0.05) is 0 Å². The van der Waals surface area contributed by atoms with Gasteiger partial charge in [-0.3, -0.25) is 4.79 Å². The van der Waals surface area contributed by atoms with E-state index < -0.39 is 11.9 Å². The lowest BCUT2D eigenvalue weighted by Gasteiger charge is -2.07. The van der Waals surface area contributed by atoms with E-state index >= 15 is 0 Å². The van der Waals surface area contributed by atoms with Gasteiger partial charge in [-0.25, -0.2) is 0 Å². The smallest absolute Gasteiger partial charge is 0.329 e. The highest BCUT2D eigenvalue weighted by Gasteiger charge is 2.23. The van der Waals surface area contributed by atoms with E-state index in [1.807, 2.05) is 6.07 Å². The molecule has 1 atom stereocenters. The zero-order valence-electron chi connectivity index (χ0n) is 9.01. The first-order valence-electron chi connectivity index (χ1n) is 4.66. The Morgan fingerprint density at radius 1 is 1.56 bits per heavy atom. The number of rotatable bonds is 4. The van der Waals surface area contributed by atoms with Crippen molar-refractivity contribution in [3.8, 4) is 11.9 Å². The van der Waals surface area contributed by atoms with Gasteiger partial charge in [0, 0.05) is 6.07 Å². The van der Waals surface area contributed by atoms with Crippen molar-refractivity contribution < 1.29 is 14.3 Å². The first-order chi connectivity index (χ1) is 7.72. The summed E-state index contributed by atoms with van der Waals surface area (Å²) in [5, 5.41) is 16.3. The number of carbonyl (C=O) groups is 1. The van der Waals surface area contributed by atoms with Gasteiger partial charge in [0.1, 0.15) is 0 Å². The van der Waals surface area contributed by atoms with E-state index in [9.17, 15) is 4.79 Å². The third kappa shape index (κ3) is 2.67.